The third-order valence-electron chi connectivity index (χ3n) is 3.02. The molecule has 5 heteroatoms. The van der Waals surface area contributed by atoms with Crippen molar-refractivity contribution in [2.75, 3.05) is 12.9 Å². The first-order valence-electron chi connectivity index (χ1n) is 6.80. The molecule has 0 saturated heterocycles. The number of esters is 1. The summed E-state index contributed by atoms with van der Waals surface area (Å²) in [4.78, 5) is 12.9. The van der Waals surface area contributed by atoms with Gasteiger partial charge in [0, 0.05) is 22.5 Å². The molecule has 4 nitrogen and oxygen atoms in total. The highest BCUT2D eigenvalue weighted by atomic mass is 32.2. The van der Waals surface area contributed by atoms with Crippen LogP contribution in [0.15, 0.2) is 53.1 Å². The number of ether oxygens (including phenoxy) is 1. The molecule has 0 saturated carbocycles. The van der Waals surface area contributed by atoms with Crippen LogP contribution in [0.25, 0.3) is 11.8 Å². The first kappa shape index (κ1) is 15.9. The molecule has 2 rings (SSSR count). The van der Waals surface area contributed by atoms with Gasteiger partial charge < -0.3 is 9.30 Å². The van der Waals surface area contributed by atoms with Gasteiger partial charge in [-0.2, -0.15) is 5.26 Å². The fourth-order valence-corrected chi connectivity index (χ4v) is 2.45. The van der Waals surface area contributed by atoms with Gasteiger partial charge in [-0.3, -0.25) is 0 Å². The Morgan fingerprint density at radius 1 is 1.41 bits per heavy atom. The zero-order chi connectivity index (χ0) is 15.9. The minimum Gasteiger partial charge on any atom is -0.462 e. The maximum absolute atomic E-state index is 11.7. The van der Waals surface area contributed by atoms with Gasteiger partial charge in [0.15, 0.2) is 0 Å². The average molecular weight is 312 g/mol. The van der Waals surface area contributed by atoms with Crippen LogP contribution in [0.1, 0.15) is 12.6 Å². The predicted molar refractivity (Wildman–Crippen MR) is 87.8 cm³/mol. The monoisotopic (exact) mass is 312 g/mol. The number of hydrogen-bond acceptors (Lipinski definition) is 4. The molecule has 0 aliphatic rings. The van der Waals surface area contributed by atoms with Crippen molar-refractivity contribution in [1.29, 1.82) is 5.26 Å². The molecule has 0 spiro atoms. The second kappa shape index (κ2) is 7.53. The fourth-order valence-electron chi connectivity index (χ4n) is 2.00. The van der Waals surface area contributed by atoms with Gasteiger partial charge in [0.25, 0.3) is 0 Å². The van der Waals surface area contributed by atoms with Gasteiger partial charge in [0.1, 0.15) is 11.6 Å². The summed E-state index contributed by atoms with van der Waals surface area (Å²) in [6.45, 7) is 1.96. The van der Waals surface area contributed by atoms with Crippen molar-refractivity contribution in [3.63, 3.8) is 0 Å². The maximum atomic E-state index is 11.7. The normalized spacial score (nSPS) is 11.0. The van der Waals surface area contributed by atoms with Gasteiger partial charge in [-0.05, 0) is 49.6 Å². The number of carbonyl (C=O) groups is 1. The van der Waals surface area contributed by atoms with E-state index in [9.17, 15) is 4.79 Å². The van der Waals surface area contributed by atoms with Crippen LogP contribution in [-0.2, 0) is 9.53 Å². The summed E-state index contributed by atoms with van der Waals surface area (Å²) >= 11 is 1.66. The molecule has 0 aliphatic heterocycles. The topological polar surface area (TPSA) is 55.0 Å². The molecule has 0 aliphatic carbocycles. The molecule has 0 radical (unpaired) electrons. The summed E-state index contributed by atoms with van der Waals surface area (Å²) in [7, 11) is 0. The van der Waals surface area contributed by atoms with Gasteiger partial charge in [-0.25, -0.2) is 4.79 Å². The van der Waals surface area contributed by atoms with Crippen LogP contribution in [-0.4, -0.2) is 23.4 Å². The predicted octanol–water partition coefficient (Wildman–Crippen LogP) is 3.67. The standard InChI is InChI=1S/C17H16N2O2S/c1-3-21-17(20)13(12-18)10-14-7-5-9-19(14)15-6-4-8-16(11-15)22-2/h4-11H,3H2,1-2H3. The third-order valence-corrected chi connectivity index (χ3v) is 3.75. The molecule has 112 valence electrons. The zero-order valence-corrected chi connectivity index (χ0v) is 13.3. The highest BCUT2D eigenvalue weighted by Crippen LogP contribution is 2.21. The molecule has 0 fully saturated rings. The Balaban J connectivity index is 2.41. The number of thioether (sulfide) groups is 1. The highest BCUT2D eigenvalue weighted by molar-refractivity contribution is 7.98. The lowest BCUT2D eigenvalue weighted by Crippen LogP contribution is -2.06. The minimum absolute atomic E-state index is 0.0113. The quantitative estimate of drug-likeness (QED) is 0.366. The number of aromatic nitrogens is 1. The van der Waals surface area contributed by atoms with E-state index in [0.717, 1.165) is 16.3 Å². The average Bonchev–Trinajstić information content (AvgIpc) is 3.01. The van der Waals surface area contributed by atoms with E-state index in [0.29, 0.717) is 0 Å². The second-order valence-electron chi connectivity index (χ2n) is 4.39. The Labute approximate surface area is 134 Å². The Bertz CT molecular complexity index is 741. The molecule has 0 bridgehead atoms. The van der Waals surface area contributed by atoms with Crippen LogP contribution in [0.3, 0.4) is 0 Å². The van der Waals surface area contributed by atoms with Crippen molar-refractivity contribution in [2.45, 2.75) is 11.8 Å². The molecule has 0 N–H and O–H groups in total. The van der Waals surface area contributed by atoms with E-state index < -0.39 is 5.97 Å². The van der Waals surface area contributed by atoms with Crippen LogP contribution in [0, 0.1) is 11.3 Å². The summed E-state index contributed by atoms with van der Waals surface area (Å²) in [6.07, 6.45) is 5.46. The lowest BCUT2D eigenvalue weighted by molar-refractivity contribution is -0.137. The summed E-state index contributed by atoms with van der Waals surface area (Å²) in [5, 5.41) is 9.13. The van der Waals surface area contributed by atoms with E-state index >= 15 is 0 Å². The van der Waals surface area contributed by atoms with Gasteiger partial charge in [-0.1, -0.05) is 6.07 Å². The van der Waals surface area contributed by atoms with Crippen molar-refractivity contribution in [2.24, 2.45) is 0 Å². The van der Waals surface area contributed by atoms with E-state index in [1.54, 1.807) is 24.8 Å². The molecule has 1 aromatic carbocycles. The fraction of sp³-hybridized carbons (Fsp3) is 0.176. The molecule has 0 amide bonds. The summed E-state index contributed by atoms with van der Waals surface area (Å²) in [5.41, 5.74) is 1.72. The second-order valence-corrected chi connectivity index (χ2v) is 5.27. The Morgan fingerprint density at radius 2 is 2.23 bits per heavy atom. The number of nitriles is 1. The molecule has 1 heterocycles. The van der Waals surface area contributed by atoms with Gasteiger partial charge >= 0.3 is 5.97 Å². The van der Waals surface area contributed by atoms with Gasteiger partial charge in [-0.15, -0.1) is 11.8 Å². The van der Waals surface area contributed by atoms with Crippen LogP contribution in [0.4, 0.5) is 0 Å². The molecule has 0 atom stereocenters. The number of carbonyl (C=O) groups excluding carboxylic acids is 1. The Hall–Kier alpha value is -2.45. The van der Waals surface area contributed by atoms with Gasteiger partial charge in [0.05, 0.1) is 6.61 Å². The lowest BCUT2D eigenvalue weighted by atomic mass is 10.2. The number of nitrogens with zero attached hydrogens (tertiary/aromatic N) is 2. The molecular weight excluding hydrogens is 296 g/mol. The first-order valence-corrected chi connectivity index (χ1v) is 8.02. The molecule has 2 aromatic rings. The summed E-state index contributed by atoms with van der Waals surface area (Å²) < 4.78 is 6.81. The van der Waals surface area contributed by atoms with Crippen LogP contribution >= 0.6 is 11.8 Å². The van der Waals surface area contributed by atoms with E-state index in [4.69, 9.17) is 10.00 Å². The van der Waals surface area contributed by atoms with Crippen molar-refractivity contribution in [3.8, 4) is 11.8 Å². The van der Waals surface area contributed by atoms with E-state index in [1.165, 1.54) is 0 Å². The largest absolute Gasteiger partial charge is 0.462 e. The van der Waals surface area contributed by atoms with Crippen molar-refractivity contribution in [3.05, 3.63) is 53.9 Å². The van der Waals surface area contributed by atoms with E-state index in [2.05, 4.69) is 6.07 Å². The van der Waals surface area contributed by atoms with E-state index in [1.807, 2.05) is 53.4 Å². The highest BCUT2D eigenvalue weighted by Gasteiger charge is 2.11. The Morgan fingerprint density at radius 3 is 2.91 bits per heavy atom. The van der Waals surface area contributed by atoms with Crippen molar-refractivity contribution >= 4 is 23.8 Å². The smallest absolute Gasteiger partial charge is 0.348 e. The number of benzene rings is 1. The minimum atomic E-state index is -0.601. The third kappa shape index (κ3) is 3.60. The van der Waals surface area contributed by atoms with E-state index in [-0.39, 0.29) is 12.2 Å². The first-order chi connectivity index (χ1) is 10.7. The number of hydrogen-bond donors (Lipinski definition) is 0. The summed E-state index contributed by atoms with van der Waals surface area (Å²) in [6, 6.07) is 13.7. The molecule has 1 aromatic heterocycles. The van der Waals surface area contributed by atoms with Crippen molar-refractivity contribution < 1.29 is 9.53 Å². The lowest BCUT2D eigenvalue weighted by Gasteiger charge is -2.08. The van der Waals surface area contributed by atoms with Gasteiger partial charge in [0.2, 0.25) is 0 Å². The summed E-state index contributed by atoms with van der Waals surface area (Å²) in [5.74, 6) is -0.601. The van der Waals surface area contributed by atoms with Crippen LogP contribution in [0.2, 0.25) is 0 Å². The molecule has 0 unspecified atom stereocenters. The molecular formula is C17H16N2O2S. The van der Waals surface area contributed by atoms with Crippen LogP contribution < -0.4 is 0 Å². The zero-order valence-electron chi connectivity index (χ0n) is 12.4. The Kier molecular flexibility index (Phi) is 5.45. The number of rotatable bonds is 5. The van der Waals surface area contributed by atoms with Crippen LogP contribution in [0.5, 0.6) is 0 Å². The van der Waals surface area contributed by atoms with Crippen molar-refractivity contribution in [1.82, 2.24) is 4.57 Å². The molecule has 22 heavy (non-hydrogen) atoms. The maximum Gasteiger partial charge on any atom is 0.348 e. The SMILES string of the molecule is CCOC(=O)C(C#N)=Cc1cccn1-c1cccc(SC)c1.